The van der Waals surface area contributed by atoms with Crippen molar-refractivity contribution in [3.8, 4) is 0 Å². The Bertz CT molecular complexity index is 530. The molecule has 0 aliphatic rings. The molecule has 20 heavy (non-hydrogen) atoms. The van der Waals surface area contributed by atoms with Crippen LogP contribution in [-0.2, 0) is 11.3 Å². The van der Waals surface area contributed by atoms with E-state index in [-0.39, 0.29) is 30.4 Å². The highest BCUT2D eigenvalue weighted by molar-refractivity contribution is 5.76. The Hall–Kier alpha value is -1.96. The van der Waals surface area contributed by atoms with E-state index in [1.54, 1.807) is 27.8 Å². The van der Waals surface area contributed by atoms with Crippen LogP contribution in [0.25, 0.3) is 0 Å². The van der Waals surface area contributed by atoms with Crippen LogP contribution in [0.3, 0.4) is 0 Å². The Morgan fingerprint density at radius 3 is 2.45 bits per heavy atom. The number of nitrogens with zero attached hydrogens (tertiary/aromatic N) is 4. The summed E-state index contributed by atoms with van der Waals surface area (Å²) in [7, 11) is 1.57. The average molecular weight is 284 g/mol. The van der Waals surface area contributed by atoms with Crippen molar-refractivity contribution in [2.45, 2.75) is 39.8 Å². The molecule has 0 bridgehead atoms. The molecule has 1 amide bonds. The molecule has 1 rings (SSSR count). The summed E-state index contributed by atoms with van der Waals surface area (Å²) in [5.41, 5.74) is -0.434. The maximum atomic E-state index is 12.0. The van der Waals surface area contributed by atoms with E-state index >= 15 is 0 Å². The normalized spacial score (nSPS) is 11.5. The van der Waals surface area contributed by atoms with Gasteiger partial charge in [-0.3, -0.25) is 19.6 Å². The lowest BCUT2D eigenvalue weighted by Crippen LogP contribution is -2.41. The van der Waals surface area contributed by atoms with Crippen molar-refractivity contribution in [2.75, 3.05) is 13.6 Å². The summed E-state index contributed by atoms with van der Waals surface area (Å²) < 4.78 is 1.32. The zero-order chi connectivity index (χ0) is 15.7. The third kappa shape index (κ3) is 3.77. The average Bonchev–Trinajstić information content (AvgIpc) is 2.51. The van der Waals surface area contributed by atoms with Gasteiger partial charge in [0, 0.05) is 13.6 Å². The minimum absolute atomic E-state index is 0.0667. The molecule has 0 aromatic carbocycles. The van der Waals surface area contributed by atoms with Gasteiger partial charge in [0.05, 0.1) is 10.5 Å². The van der Waals surface area contributed by atoms with Crippen molar-refractivity contribution in [3.05, 3.63) is 21.5 Å². The Labute approximate surface area is 117 Å². The summed E-state index contributed by atoms with van der Waals surface area (Å²) >= 11 is 0. The Morgan fingerprint density at radius 1 is 1.50 bits per heavy atom. The van der Waals surface area contributed by atoms with E-state index in [4.69, 9.17) is 0 Å². The van der Waals surface area contributed by atoms with Crippen molar-refractivity contribution in [1.82, 2.24) is 14.7 Å². The van der Waals surface area contributed by atoms with Gasteiger partial charge in [-0.1, -0.05) is 0 Å². The van der Waals surface area contributed by atoms with Crippen LogP contribution in [0.5, 0.6) is 0 Å². The number of aliphatic hydroxyl groups is 1. The summed E-state index contributed by atoms with van der Waals surface area (Å²) in [4.78, 5) is 23.8. The van der Waals surface area contributed by atoms with Gasteiger partial charge >= 0.3 is 5.69 Å². The third-order valence-corrected chi connectivity index (χ3v) is 2.86. The van der Waals surface area contributed by atoms with Crippen LogP contribution in [0.4, 0.5) is 5.69 Å². The molecular weight excluding hydrogens is 264 g/mol. The third-order valence-electron chi connectivity index (χ3n) is 2.86. The Kier molecular flexibility index (Phi) is 4.49. The molecule has 1 aromatic heterocycles. The molecule has 0 aliphatic carbocycles. The first-order valence-electron chi connectivity index (χ1n) is 6.17. The second-order valence-corrected chi connectivity index (χ2v) is 5.50. The SMILES string of the molecule is Cc1nn(CC(=O)N(C)CC(C)(C)O)c(C)c1[N+](=O)[O-]. The lowest BCUT2D eigenvalue weighted by atomic mass is 10.1. The van der Waals surface area contributed by atoms with Crippen LogP contribution >= 0.6 is 0 Å². The Morgan fingerprint density at radius 2 is 2.05 bits per heavy atom. The number of carbonyl (C=O) groups is 1. The number of aryl methyl sites for hydroxylation is 1. The number of hydrogen-bond donors (Lipinski definition) is 1. The fourth-order valence-corrected chi connectivity index (χ4v) is 2.02. The highest BCUT2D eigenvalue weighted by Gasteiger charge is 2.25. The molecular formula is C12H20N4O4. The standard InChI is InChI=1S/C12H20N4O4/c1-8-11(16(19)20)9(2)15(13-8)6-10(17)14(5)7-12(3,4)18/h18H,6-7H2,1-5H3. The van der Waals surface area contributed by atoms with Gasteiger partial charge in [-0.15, -0.1) is 0 Å². The first kappa shape index (κ1) is 16.1. The van der Waals surface area contributed by atoms with Crippen LogP contribution < -0.4 is 0 Å². The molecule has 112 valence electrons. The summed E-state index contributed by atoms with van der Waals surface area (Å²) in [5.74, 6) is -0.271. The largest absolute Gasteiger partial charge is 0.389 e. The second kappa shape index (κ2) is 5.58. The van der Waals surface area contributed by atoms with E-state index in [1.807, 2.05) is 0 Å². The molecule has 0 fully saturated rings. The van der Waals surface area contributed by atoms with Crippen molar-refractivity contribution >= 4 is 11.6 Å². The van der Waals surface area contributed by atoms with Gasteiger partial charge in [-0.25, -0.2) is 0 Å². The number of rotatable bonds is 5. The molecule has 0 unspecified atom stereocenters. The number of nitro groups is 1. The lowest BCUT2D eigenvalue weighted by Gasteiger charge is -2.25. The molecule has 8 nitrogen and oxygen atoms in total. The molecule has 0 saturated heterocycles. The van der Waals surface area contributed by atoms with Gasteiger partial charge < -0.3 is 10.0 Å². The minimum Gasteiger partial charge on any atom is -0.389 e. The van der Waals surface area contributed by atoms with Gasteiger partial charge in [0.2, 0.25) is 5.91 Å². The highest BCUT2D eigenvalue weighted by atomic mass is 16.6. The van der Waals surface area contributed by atoms with Crippen molar-refractivity contribution in [1.29, 1.82) is 0 Å². The van der Waals surface area contributed by atoms with Gasteiger partial charge in [-0.05, 0) is 27.7 Å². The summed E-state index contributed by atoms with van der Waals surface area (Å²) in [6.07, 6.45) is 0. The number of likely N-dealkylation sites (N-methyl/N-ethyl adjacent to an activating group) is 1. The van der Waals surface area contributed by atoms with E-state index in [0.29, 0.717) is 5.69 Å². The lowest BCUT2D eigenvalue weighted by molar-refractivity contribution is -0.386. The Balaban J connectivity index is 2.87. The maximum Gasteiger partial charge on any atom is 0.312 e. The van der Waals surface area contributed by atoms with Crippen molar-refractivity contribution in [3.63, 3.8) is 0 Å². The van der Waals surface area contributed by atoms with Gasteiger partial charge in [-0.2, -0.15) is 5.10 Å². The minimum atomic E-state index is -0.995. The fourth-order valence-electron chi connectivity index (χ4n) is 2.02. The van der Waals surface area contributed by atoms with Gasteiger partial charge in [0.15, 0.2) is 0 Å². The zero-order valence-electron chi connectivity index (χ0n) is 12.4. The predicted molar refractivity (Wildman–Crippen MR) is 72.3 cm³/mol. The smallest absolute Gasteiger partial charge is 0.312 e. The first-order valence-corrected chi connectivity index (χ1v) is 6.17. The van der Waals surface area contributed by atoms with E-state index in [1.165, 1.54) is 16.5 Å². The van der Waals surface area contributed by atoms with E-state index in [2.05, 4.69) is 5.10 Å². The van der Waals surface area contributed by atoms with Crippen LogP contribution in [-0.4, -0.2) is 49.8 Å². The van der Waals surface area contributed by atoms with Gasteiger partial charge in [0.1, 0.15) is 17.9 Å². The van der Waals surface area contributed by atoms with Gasteiger partial charge in [0.25, 0.3) is 0 Å². The number of hydrogen-bond acceptors (Lipinski definition) is 5. The fraction of sp³-hybridized carbons (Fsp3) is 0.667. The van der Waals surface area contributed by atoms with E-state index in [0.717, 1.165) is 0 Å². The van der Waals surface area contributed by atoms with E-state index < -0.39 is 10.5 Å². The van der Waals surface area contributed by atoms with Crippen LogP contribution in [0.15, 0.2) is 0 Å². The van der Waals surface area contributed by atoms with Crippen molar-refractivity contribution in [2.24, 2.45) is 0 Å². The molecule has 0 radical (unpaired) electrons. The highest BCUT2D eigenvalue weighted by Crippen LogP contribution is 2.21. The topological polar surface area (TPSA) is 102 Å². The summed E-state index contributed by atoms with van der Waals surface area (Å²) in [6, 6.07) is 0. The van der Waals surface area contributed by atoms with Crippen LogP contribution in [0, 0.1) is 24.0 Å². The van der Waals surface area contributed by atoms with Crippen molar-refractivity contribution < 1.29 is 14.8 Å². The molecule has 1 N–H and O–H groups in total. The van der Waals surface area contributed by atoms with Crippen LogP contribution in [0.2, 0.25) is 0 Å². The molecule has 1 aromatic rings. The predicted octanol–water partition coefficient (Wildman–Crippen LogP) is 0.637. The monoisotopic (exact) mass is 284 g/mol. The quantitative estimate of drug-likeness (QED) is 0.631. The molecule has 0 atom stereocenters. The summed E-state index contributed by atoms with van der Waals surface area (Å²) in [6.45, 7) is 6.38. The second-order valence-electron chi connectivity index (χ2n) is 5.50. The summed E-state index contributed by atoms with van der Waals surface area (Å²) in [5, 5.41) is 24.6. The molecule has 0 spiro atoms. The molecule has 0 aliphatic heterocycles. The molecule has 1 heterocycles. The number of carbonyl (C=O) groups excluding carboxylic acids is 1. The molecule has 0 saturated carbocycles. The molecule has 8 heteroatoms. The van der Waals surface area contributed by atoms with E-state index in [9.17, 15) is 20.0 Å². The first-order chi connectivity index (χ1) is 9.03. The maximum absolute atomic E-state index is 12.0. The number of aromatic nitrogens is 2. The van der Waals surface area contributed by atoms with Crippen LogP contribution in [0.1, 0.15) is 25.2 Å². The number of amides is 1. The zero-order valence-corrected chi connectivity index (χ0v) is 12.4.